The molecule has 1 rings (SSSR count). The molecule has 1 aromatic carbocycles. The Kier molecular flexibility index (Phi) is 6.13. The van der Waals surface area contributed by atoms with Crippen LogP contribution < -0.4 is 10.1 Å². The number of para-hydroxylation sites is 1. The van der Waals surface area contributed by atoms with Crippen LogP contribution in [0.1, 0.15) is 25.8 Å². The monoisotopic (exact) mass is 232 g/mol. The molecule has 0 aliphatic rings. The first-order valence-electron chi connectivity index (χ1n) is 6.02. The maximum atomic E-state index is 8.50. The fourth-order valence-corrected chi connectivity index (χ4v) is 1.51. The van der Waals surface area contributed by atoms with E-state index in [-0.39, 0.29) is 6.61 Å². The zero-order valence-electron chi connectivity index (χ0n) is 10.6. The van der Waals surface area contributed by atoms with Gasteiger partial charge in [0.25, 0.3) is 0 Å². The molecule has 0 spiro atoms. The predicted molar refractivity (Wildman–Crippen MR) is 68.7 cm³/mol. The highest BCUT2D eigenvalue weighted by atomic mass is 16.5. The third-order valence-corrected chi connectivity index (χ3v) is 2.48. The van der Waals surface area contributed by atoms with Crippen LogP contribution in [0.5, 0.6) is 5.75 Å². The molecule has 17 heavy (non-hydrogen) atoms. The average molecular weight is 232 g/mol. The first-order chi connectivity index (χ1) is 8.24. The van der Waals surface area contributed by atoms with Crippen LogP contribution in [0.2, 0.25) is 0 Å². The van der Waals surface area contributed by atoms with Crippen LogP contribution in [-0.2, 0) is 6.54 Å². The number of ether oxygens (including phenoxy) is 1. The highest BCUT2D eigenvalue weighted by Crippen LogP contribution is 2.17. The van der Waals surface area contributed by atoms with Gasteiger partial charge in [-0.15, -0.1) is 0 Å². The molecule has 0 atom stereocenters. The van der Waals surface area contributed by atoms with Gasteiger partial charge in [0, 0.05) is 12.1 Å². The van der Waals surface area contributed by atoms with Gasteiger partial charge < -0.3 is 10.1 Å². The summed E-state index contributed by atoms with van der Waals surface area (Å²) in [7, 11) is 0. The largest absolute Gasteiger partial charge is 0.478 e. The molecule has 0 fully saturated rings. The Balaban J connectivity index is 2.43. The SMILES string of the molecule is CC(C)CCNCc1ccccc1OCC#N. The Morgan fingerprint density at radius 3 is 2.82 bits per heavy atom. The maximum absolute atomic E-state index is 8.50. The summed E-state index contributed by atoms with van der Waals surface area (Å²) in [4.78, 5) is 0. The number of benzene rings is 1. The molecular weight excluding hydrogens is 212 g/mol. The molecule has 1 N–H and O–H groups in total. The van der Waals surface area contributed by atoms with Crippen molar-refractivity contribution >= 4 is 0 Å². The lowest BCUT2D eigenvalue weighted by atomic mass is 10.1. The molecule has 0 bridgehead atoms. The van der Waals surface area contributed by atoms with Crippen molar-refractivity contribution in [1.29, 1.82) is 5.26 Å². The molecule has 0 aliphatic carbocycles. The Hall–Kier alpha value is -1.53. The summed E-state index contributed by atoms with van der Waals surface area (Å²) in [6, 6.07) is 9.81. The second kappa shape index (κ2) is 7.70. The van der Waals surface area contributed by atoms with E-state index in [4.69, 9.17) is 10.00 Å². The number of hydrogen-bond donors (Lipinski definition) is 1. The summed E-state index contributed by atoms with van der Waals surface area (Å²) >= 11 is 0. The zero-order chi connectivity index (χ0) is 12.5. The minimum absolute atomic E-state index is 0.100. The number of nitriles is 1. The summed E-state index contributed by atoms with van der Waals surface area (Å²) in [6.45, 7) is 6.32. The molecule has 0 amide bonds. The summed E-state index contributed by atoms with van der Waals surface area (Å²) < 4.78 is 5.36. The van der Waals surface area contributed by atoms with Crippen molar-refractivity contribution in [3.63, 3.8) is 0 Å². The third-order valence-electron chi connectivity index (χ3n) is 2.48. The topological polar surface area (TPSA) is 45.0 Å². The molecular formula is C14H20N2O. The predicted octanol–water partition coefficient (Wildman–Crippen LogP) is 2.72. The molecule has 0 radical (unpaired) electrons. The zero-order valence-corrected chi connectivity index (χ0v) is 10.6. The smallest absolute Gasteiger partial charge is 0.174 e. The highest BCUT2D eigenvalue weighted by Gasteiger charge is 2.02. The highest BCUT2D eigenvalue weighted by molar-refractivity contribution is 5.33. The van der Waals surface area contributed by atoms with Gasteiger partial charge in [-0.2, -0.15) is 5.26 Å². The van der Waals surface area contributed by atoms with Crippen molar-refractivity contribution in [3.05, 3.63) is 29.8 Å². The van der Waals surface area contributed by atoms with Gasteiger partial charge in [0.2, 0.25) is 0 Å². The fourth-order valence-electron chi connectivity index (χ4n) is 1.51. The molecule has 0 unspecified atom stereocenters. The lowest BCUT2D eigenvalue weighted by Crippen LogP contribution is -2.16. The van der Waals surface area contributed by atoms with Crippen LogP contribution in [0.3, 0.4) is 0 Å². The van der Waals surface area contributed by atoms with Gasteiger partial charge in [-0.05, 0) is 24.9 Å². The second-order valence-corrected chi connectivity index (χ2v) is 4.41. The van der Waals surface area contributed by atoms with Crippen molar-refractivity contribution in [2.75, 3.05) is 13.2 Å². The van der Waals surface area contributed by atoms with Crippen molar-refractivity contribution < 1.29 is 4.74 Å². The molecule has 92 valence electrons. The molecule has 0 saturated carbocycles. The first kappa shape index (κ1) is 13.5. The summed E-state index contributed by atoms with van der Waals surface area (Å²) in [5.74, 6) is 1.51. The lowest BCUT2D eigenvalue weighted by Gasteiger charge is -2.11. The Bertz CT molecular complexity index is 369. The van der Waals surface area contributed by atoms with Crippen molar-refractivity contribution in [1.82, 2.24) is 5.32 Å². The molecule has 0 heterocycles. The molecule has 0 saturated heterocycles. The summed E-state index contributed by atoms with van der Waals surface area (Å²) in [5.41, 5.74) is 1.10. The molecule has 0 aliphatic heterocycles. The van der Waals surface area contributed by atoms with E-state index in [1.54, 1.807) is 0 Å². The van der Waals surface area contributed by atoms with Crippen molar-refractivity contribution in [2.24, 2.45) is 5.92 Å². The van der Waals surface area contributed by atoms with E-state index in [1.165, 1.54) is 6.42 Å². The number of hydrogen-bond acceptors (Lipinski definition) is 3. The van der Waals surface area contributed by atoms with Crippen LogP contribution >= 0.6 is 0 Å². The average Bonchev–Trinajstić information content (AvgIpc) is 2.33. The van der Waals surface area contributed by atoms with E-state index < -0.39 is 0 Å². The number of nitrogens with zero attached hydrogens (tertiary/aromatic N) is 1. The van der Waals surface area contributed by atoms with Gasteiger partial charge in [0.05, 0.1) is 0 Å². The quantitative estimate of drug-likeness (QED) is 0.735. The lowest BCUT2D eigenvalue weighted by molar-refractivity contribution is 0.362. The minimum atomic E-state index is 0.100. The Labute approximate surface area is 103 Å². The summed E-state index contributed by atoms with van der Waals surface area (Å²) in [6.07, 6.45) is 1.17. The minimum Gasteiger partial charge on any atom is -0.478 e. The fraction of sp³-hybridized carbons (Fsp3) is 0.500. The Morgan fingerprint density at radius 1 is 1.35 bits per heavy atom. The number of nitrogens with one attached hydrogen (secondary N) is 1. The van der Waals surface area contributed by atoms with Gasteiger partial charge >= 0.3 is 0 Å². The van der Waals surface area contributed by atoms with E-state index in [1.807, 2.05) is 30.3 Å². The van der Waals surface area contributed by atoms with E-state index in [0.29, 0.717) is 5.92 Å². The van der Waals surface area contributed by atoms with Gasteiger partial charge in [-0.25, -0.2) is 0 Å². The van der Waals surface area contributed by atoms with Crippen LogP contribution in [0.4, 0.5) is 0 Å². The number of rotatable bonds is 7. The van der Waals surface area contributed by atoms with Gasteiger partial charge in [0.15, 0.2) is 6.61 Å². The van der Waals surface area contributed by atoms with Gasteiger partial charge in [-0.3, -0.25) is 0 Å². The van der Waals surface area contributed by atoms with E-state index in [0.717, 1.165) is 24.4 Å². The second-order valence-electron chi connectivity index (χ2n) is 4.41. The van der Waals surface area contributed by atoms with E-state index in [2.05, 4.69) is 19.2 Å². The van der Waals surface area contributed by atoms with Crippen LogP contribution in [0.15, 0.2) is 24.3 Å². The molecule has 3 heteroatoms. The first-order valence-corrected chi connectivity index (χ1v) is 6.02. The normalized spacial score (nSPS) is 10.2. The molecule has 3 nitrogen and oxygen atoms in total. The molecule has 1 aromatic rings. The van der Waals surface area contributed by atoms with Crippen LogP contribution in [0, 0.1) is 17.2 Å². The van der Waals surface area contributed by atoms with Crippen molar-refractivity contribution in [3.8, 4) is 11.8 Å². The van der Waals surface area contributed by atoms with E-state index >= 15 is 0 Å². The van der Waals surface area contributed by atoms with E-state index in [9.17, 15) is 0 Å². The Morgan fingerprint density at radius 2 is 2.12 bits per heavy atom. The third kappa shape index (κ3) is 5.37. The maximum Gasteiger partial charge on any atom is 0.174 e. The summed E-state index contributed by atoms with van der Waals surface area (Å²) in [5, 5.41) is 11.9. The van der Waals surface area contributed by atoms with Crippen LogP contribution in [0.25, 0.3) is 0 Å². The standard InChI is InChI=1S/C14H20N2O/c1-12(2)7-9-16-11-13-5-3-4-6-14(13)17-10-8-15/h3-6,12,16H,7,9-11H2,1-2H3. The van der Waals surface area contributed by atoms with Gasteiger partial charge in [0.1, 0.15) is 11.8 Å². The van der Waals surface area contributed by atoms with Gasteiger partial charge in [-0.1, -0.05) is 32.0 Å². The molecule has 0 aromatic heterocycles. The van der Waals surface area contributed by atoms with Crippen molar-refractivity contribution in [2.45, 2.75) is 26.8 Å². The van der Waals surface area contributed by atoms with Crippen LogP contribution in [-0.4, -0.2) is 13.2 Å².